The highest BCUT2D eigenvalue weighted by Gasteiger charge is 2.42. The molecule has 1 heterocycles. The van der Waals surface area contributed by atoms with Crippen molar-refractivity contribution in [3.63, 3.8) is 0 Å². The maximum atomic E-state index is 5.99. The Morgan fingerprint density at radius 1 is 1.22 bits per heavy atom. The van der Waals surface area contributed by atoms with Gasteiger partial charge in [-0.25, -0.2) is 0 Å². The van der Waals surface area contributed by atoms with Gasteiger partial charge in [-0.15, -0.1) is 0 Å². The van der Waals surface area contributed by atoms with Crippen LogP contribution in [-0.2, 0) is 4.74 Å². The zero-order valence-electron chi connectivity index (χ0n) is 12.5. The molecule has 1 saturated carbocycles. The van der Waals surface area contributed by atoms with E-state index in [1.165, 1.54) is 51.4 Å². The Labute approximate surface area is 113 Å². The molecule has 0 radical (unpaired) electrons. The fourth-order valence-electron chi connectivity index (χ4n) is 3.41. The van der Waals surface area contributed by atoms with E-state index in [2.05, 4.69) is 26.1 Å². The lowest BCUT2D eigenvalue weighted by molar-refractivity contribution is -0.136. The van der Waals surface area contributed by atoms with E-state index < -0.39 is 0 Å². The van der Waals surface area contributed by atoms with Crippen molar-refractivity contribution in [1.82, 2.24) is 5.32 Å². The van der Waals surface area contributed by atoms with Gasteiger partial charge in [-0.3, -0.25) is 0 Å². The first kappa shape index (κ1) is 14.3. The van der Waals surface area contributed by atoms with Gasteiger partial charge in [0.1, 0.15) is 0 Å². The third-order valence-corrected chi connectivity index (χ3v) is 4.70. The molecule has 2 heteroatoms. The van der Waals surface area contributed by atoms with E-state index in [0.29, 0.717) is 12.1 Å². The fourth-order valence-corrected chi connectivity index (χ4v) is 3.41. The van der Waals surface area contributed by atoms with Crippen molar-refractivity contribution in [1.29, 1.82) is 0 Å². The lowest BCUT2D eigenvalue weighted by atomic mass is 9.74. The predicted molar refractivity (Wildman–Crippen MR) is 76.8 cm³/mol. The summed E-state index contributed by atoms with van der Waals surface area (Å²) in [5.74, 6) is 0.846. The average molecular weight is 253 g/mol. The van der Waals surface area contributed by atoms with Crippen LogP contribution in [-0.4, -0.2) is 24.3 Å². The molecule has 2 unspecified atom stereocenters. The van der Waals surface area contributed by atoms with E-state index in [-0.39, 0.29) is 5.60 Å². The van der Waals surface area contributed by atoms with E-state index in [4.69, 9.17) is 4.74 Å². The van der Waals surface area contributed by atoms with Crippen molar-refractivity contribution < 1.29 is 4.74 Å². The minimum Gasteiger partial charge on any atom is -0.375 e. The molecule has 106 valence electrons. The Balaban J connectivity index is 1.65. The van der Waals surface area contributed by atoms with Gasteiger partial charge in [-0.2, -0.15) is 0 Å². The smallest absolute Gasteiger partial charge is 0.0697 e. The molecule has 1 aliphatic heterocycles. The van der Waals surface area contributed by atoms with Gasteiger partial charge >= 0.3 is 0 Å². The number of rotatable bonds is 6. The SMILES string of the molecule is CC(C)CCCC(C)NC1CCOC2(CCC2)C1. The molecule has 0 amide bonds. The summed E-state index contributed by atoms with van der Waals surface area (Å²) in [6.45, 7) is 7.95. The summed E-state index contributed by atoms with van der Waals surface area (Å²) in [6, 6.07) is 1.37. The first-order valence-electron chi connectivity index (χ1n) is 8.00. The molecule has 1 aliphatic carbocycles. The van der Waals surface area contributed by atoms with Crippen LogP contribution in [0.2, 0.25) is 0 Å². The minimum absolute atomic E-state index is 0.285. The Hall–Kier alpha value is -0.0800. The summed E-state index contributed by atoms with van der Waals surface area (Å²) in [4.78, 5) is 0. The average Bonchev–Trinajstić information content (AvgIpc) is 2.26. The first-order valence-corrected chi connectivity index (χ1v) is 8.00. The summed E-state index contributed by atoms with van der Waals surface area (Å²) in [5.41, 5.74) is 0.285. The zero-order chi connectivity index (χ0) is 13.0. The molecule has 0 bridgehead atoms. The van der Waals surface area contributed by atoms with Crippen LogP contribution in [0.3, 0.4) is 0 Å². The van der Waals surface area contributed by atoms with Crippen LogP contribution in [0.1, 0.15) is 72.1 Å². The first-order chi connectivity index (χ1) is 8.60. The summed E-state index contributed by atoms with van der Waals surface area (Å²) in [5, 5.41) is 3.84. The van der Waals surface area contributed by atoms with Gasteiger partial charge in [-0.1, -0.05) is 26.7 Å². The fraction of sp³-hybridized carbons (Fsp3) is 1.00. The van der Waals surface area contributed by atoms with E-state index >= 15 is 0 Å². The van der Waals surface area contributed by atoms with Crippen LogP contribution in [0.4, 0.5) is 0 Å². The highest BCUT2D eigenvalue weighted by Crippen LogP contribution is 2.42. The Bertz CT molecular complexity index is 247. The number of hydrogen-bond acceptors (Lipinski definition) is 2. The second-order valence-corrected chi connectivity index (χ2v) is 6.97. The standard InChI is InChI=1S/C16H31NO/c1-13(2)6-4-7-14(3)17-15-8-11-18-16(12-15)9-5-10-16/h13-15,17H,4-12H2,1-3H3. The lowest BCUT2D eigenvalue weighted by Gasteiger charge is -2.47. The van der Waals surface area contributed by atoms with Crippen molar-refractivity contribution >= 4 is 0 Å². The van der Waals surface area contributed by atoms with E-state index in [1.54, 1.807) is 0 Å². The van der Waals surface area contributed by atoms with Gasteiger partial charge in [0.2, 0.25) is 0 Å². The number of ether oxygens (including phenoxy) is 1. The van der Waals surface area contributed by atoms with Gasteiger partial charge in [0.15, 0.2) is 0 Å². The molecule has 2 fully saturated rings. The molecule has 1 spiro atoms. The summed E-state index contributed by atoms with van der Waals surface area (Å²) < 4.78 is 5.99. The van der Waals surface area contributed by atoms with Gasteiger partial charge in [-0.05, 0) is 51.4 Å². The molecule has 18 heavy (non-hydrogen) atoms. The van der Waals surface area contributed by atoms with Crippen LogP contribution < -0.4 is 5.32 Å². The normalized spacial score (nSPS) is 28.3. The van der Waals surface area contributed by atoms with Crippen LogP contribution >= 0.6 is 0 Å². The molecular formula is C16H31NO. The van der Waals surface area contributed by atoms with Gasteiger partial charge in [0, 0.05) is 18.7 Å². The molecular weight excluding hydrogens is 222 g/mol. The van der Waals surface area contributed by atoms with E-state index in [1.807, 2.05) is 0 Å². The van der Waals surface area contributed by atoms with Crippen LogP contribution in [0.5, 0.6) is 0 Å². The molecule has 1 saturated heterocycles. The maximum Gasteiger partial charge on any atom is 0.0697 e. The molecule has 2 aliphatic rings. The topological polar surface area (TPSA) is 21.3 Å². The van der Waals surface area contributed by atoms with Gasteiger partial charge in [0.25, 0.3) is 0 Å². The highest BCUT2D eigenvalue weighted by molar-refractivity contribution is 4.96. The largest absolute Gasteiger partial charge is 0.375 e. The number of nitrogens with one attached hydrogen (secondary N) is 1. The van der Waals surface area contributed by atoms with Gasteiger partial charge in [0.05, 0.1) is 5.60 Å². The molecule has 2 nitrogen and oxygen atoms in total. The van der Waals surface area contributed by atoms with Crippen molar-refractivity contribution in [2.45, 2.75) is 89.8 Å². The van der Waals surface area contributed by atoms with Gasteiger partial charge < -0.3 is 10.1 Å². The second kappa shape index (κ2) is 6.38. The van der Waals surface area contributed by atoms with Crippen molar-refractivity contribution in [2.24, 2.45) is 5.92 Å². The van der Waals surface area contributed by atoms with E-state index in [9.17, 15) is 0 Å². The lowest BCUT2D eigenvalue weighted by Crippen LogP contribution is -2.52. The van der Waals surface area contributed by atoms with Crippen LogP contribution in [0.15, 0.2) is 0 Å². The maximum absolute atomic E-state index is 5.99. The zero-order valence-corrected chi connectivity index (χ0v) is 12.5. The summed E-state index contributed by atoms with van der Waals surface area (Å²) >= 11 is 0. The van der Waals surface area contributed by atoms with E-state index in [0.717, 1.165) is 12.5 Å². The second-order valence-electron chi connectivity index (χ2n) is 6.97. The molecule has 2 atom stereocenters. The molecule has 0 aromatic rings. The Morgan fingerprint density at radius 2 is 2.00 bits per heavy atom. The highest BCUT2D eigenvalue weighted by atomic mass is 16.5. The van der Waals surface area contributed by atoms with Crippen LogP contribution in [0.25, 0.3) is 0 Å². The van der Waals surface area contributed by atoms with Crippen LogP contribution in [0, 0.1) is 5.92 Å². The van der Waals surface area contributed by atoms with Crippen molar-refractivity contribution in [2.75, 3.05) is 6.61 Å². The number of hydrogen-bond donors (Lipinski definition) is 1. The third kappa shape index (κ3) is 3.96. The molecule has 0 aromatic heterocycles. The monoisotopic (exact) mass is 253 g/mol. The quantitative estimate of drug-likeness (QED) is 0.775. The molecule has 2 rings (SSSR count). The Morgan fingerprint density at radius 3 is 2.61 bits per heavy atom. The predicted octanol–water partition coefficient (Wildman–Crippen LogP) is 3.89. The Kier molecular flexibility index (Phi) is 5.08. The molecule has 0 aromatic carbocycles. The summed E-state index contributed by atoms with van der Waals surface area (Å²) in [7, 11) is 0. The van der Waals surface area contributed by atoms with Crippen molar-refractivity contribution in [3.8, 4) is 0 Å². The third-order valence-electron chi connectivity index (χ3n) is 4.70. The summed E-state index contributed by atoms with van der Waals surface area (Å²) in [6.07, 6.45) is 10.5. The molecule has 1 N–H and O–H groups in total. The minimum atomic E-state index is 0.285. The van der Waals surface area contributed by atoms with Crippen molar-refractivity contribution in [3.05, 3.63) is 0 Å².